The second-order valence-electron chi connectivity index (χ2n) is 1.00. The molecule has 0 aromatic carbocycles. The SMILES string of the molecule is [CH2+]CCN=C([O])[O-]. The van der Waals surface area contributed by atoms with Gasteiger partial charge in [-0.25, -0.2) is 0 Å². The van der Waals surface area contributed by atoms with Crippen LogP contribution >= 0.6 is 0 Å². The van der Waals surface area contributed by atoms with Crippen molar-refractivity contribution in [1.29, 1.82) is 0 Å². The van der Waals surface area contributed by atoms with Crippen molar-refractivity contribution < 1.29 is 10.2 Å². The topological polar surface area (TPSA) is 55.3 Å². The lowest BCUT2D eigenvalue weighted by atomic mass is 10.5. The van der Waals surface area contributed by atoms with Crippen molar-refractivity contribution in [2.24, 2.45) is 4.99 Å². The van der Waals surface area contributed by atoms with Gasteiger partial charge < -0.3 is 10.2 Å². The van der Waals surface area contributed by atoms with Crippen LogP contribution in [0.15, 0.2) is 4.99 Å². The van der Waals surface area contributed by atoms with Crippen molar-refractivity contribution in [1.82, 2.24) is 0 Å². The Morgan fingerprint density at radius 2 is 2.43 bits per heavy atom. The van der Waals surface area contributed by atoms with E-state index < -0.39 is 6.08 Å². The molecule has 0 N–H and O–H groups in total. The Morgan fingerprint density at radius 3 is 2.57 bits per heavy atom. The van der Waals surface area contributed by atoms with E-state index in [-0.39, 0.29) is 6.54 Å². The molecule has 0 rings (SSSR count). The van der Waals surface area contributed by atoms with Crippen LogP contribution in [0.1, 0.15) is 6.42 Å². The molecule has 3 heteroatoms. The highest BCUT2D eigenvalue weighted by molar-refractivity contribution is 5.57. The first-order valence-corrected chi connectivity index (χ1v) is 1.95. The molecule has 3 nitrogen and oxygen atoms in total. The van der Waals surface area contributed by atoms with Gasteiger partial charge in [-0.2, -0.15) is 0 Å². The molecule has 0 aliphatic carbocycles. The third-order valence-corrected chi connectivity index (χ3v) is 0.399. The molecule has 0 heterocycles. The van der Waals surface area contributed by atoms with E-state index in [1.54, 1.807) is 0 Å². The van der Waals surface area contributed by atoms with Gasteiger partial charge in [0.25, 0.3) is 0 Å². The van der Waals surface area contributed by atoms with Crippen LogP contribution in [0.5, 0.6) is 0 Å². The molecule has 1 radical (unpaired) electrons. The molecule has 0 aliphatic rings. The van der Waals surface area contributed by atoms with Crippen LogP contribution in [0.25, 0.3) is 0 Å². The fraction of sp³-hybridized carbons (Fsp3) is 0.500. The zero-order chi connectivity index (χ0) is 5.70. The van der Waals surface area contributed by atoms with Crippen LogP contribution in [0, 0.1) is 6.92 Å². The minimum atomic E-state index is -1.36. The van der Waals surface area contributed by atoms with E-state index in [1.807, 2.05) is 0 Å². The fourth-order valence-corrected chi connectivity index (χ4v) is 0.170. The standard InChI is InChI=1S/C4H6NO2/c1-2-3-5-4(6)7/h1-3H2. The van der Waals surface area contributed by atoms with Gasteiger partial charge in [-0.1, -0.05) is 0 Å². The molecule has 0 aromatic rings. The van der Waals surface area contributed by atoms with E-state index in [0.29, 0.717) is 6.42 Å². The van der Waals surface area contributed by atoms with Crippen molar-refractivity contribution in [3.8, 4) is 0 Å². The Balaban J connectivity index is 3.08. The number of aliphatic imine (C=N–C) groups is 1. The van der Waals surface area contributed by atoms with Crippen LogP contribution in [0.4, 0.5) is 0 Å². The summed E-state index contributed by atoms with van der Waals surface area (Å²) in [6, 6.07) is 0. The Labute approximate surface area is 42.3 Å². The van der Waals surface area contributed by atoms with Crippen LogP contribution in [-0.4, -0.2) is 12.6 Å². The van der Waals surface area contributed by atoms with Crippen LogP contribution in [0.2, 0.25) is 0 Å². The molecular formula is C4H6NO2. The minimum Gasteiger partial charge on any atom is -0.529 e. The normalized spacial score (nSPS) is 8.00. The predicted octanol–water partition coefficient (Wildman–Crippen LogP) is -0.643. The second-order valence-corrected chi connectivity index (χ2v) is 1.00. The van der Waals surface area contributed by atoms with Gasteiger partial charge in [0.15, 0.2) is 6.08 Å². The van der Waals surface area contributed by atoms with Gasteiger partial charge in [-0.05, 0) is 0 Å². The largest absolute Gasteiger partial charge is 0.529 e. The summed E-state index contributed by atoms with van der Waals surface area (Å²) >= 11 is 0. The molecule has 7 heavy (non-hydrogen) atoms. The number of nitrogens with zero attached hydrogens (tertiary/aromatic N) is 1. The van der Waals surface area contributed by atoms with Gasteiger partial charge in [0.05, 0.1) is 13.5 Å². The number of hydrogen-bond donors (Lipinski definition) is 0. The number of hydrogen-bond acceptors (Lipinski definition) is 2. The Hall–Kier alpha value is -0.860. The zero-order valence-electron chi connectivity index (χ0n) is 3.89. The Bertz CT molecular complexity index is 66.1. The van der Waals surface area contributed by atoms with E-state index in [2.05, 4.69) is 11.9 Å². The molecule has 0 aromatic heterocycles. The van der Waals surface area contributed by atoms with Gasteiger partial charge in [-0.15, -0.1) is 0 Å². The minimum absolute atomic E-state index is 0.252. The molecule has 0 aliphatic heterocycles. The first-order valence-electron chi connectivity index (χ1n) is 1.95. The third-order valence-electron chi connectivity index (χ3n) is 0.399. The lowest BCUT2D eigenvalue weighted by Crippen LogP contribution is -2.14. The molecule has 0 unspecified atom stereocenters. The quantitative estimate of drug-likeness (QED) is 0.258. The lowest BCUT2D eigenvalue weighted by Gasteiger charge is -1.89. The summed E-state index contributed by atoms with van der Waals surface area (Å²) in [5.74, 6) is 0. The smallest absolute Gasteiger partial charge is 0.157 e. The first-order chi connectivity index (χ1) is 3.27. The molecule has 0 spiro atoms. The first kappa shape index (κ1) is 6.14. The van der Waals surface area contributed by atoms with Crippen molar-refractivity contribution in [2.75, 3.05) is 6.54 Å². The Morgan fingerprint density at radius 1 is 1.86 bits per heavy atom. The molecule has 0 saturated carbocycles. The molecule has 0 bridgehead atoms. The predicted molar refractivity (Wildman–Crippen MR) is 23.0 cm³/mol. The average Bonchev–Trinajstić information content (AvgIpc) is 1.61. The highest BCUT2D eigenvalue weighted by Gasteiger charge is 1.76. The summed E-state index contributed by atoms with van der Waals surface area (Å²) in [5.41, 5.74) is 0. The maximum Gasteiger partial charge on any atom is 0.157 e. The molecule has 39 valence electrons. The summed E-state index contributed by atoms with van der Waals surface area (Å²) in [6.45, 7) is 3.63. The average molecular weight is 100 g/mol. The van der Waals surface area contributed by atoms with E-state index in [9.17, 15) is 10.2 Å². The van der Waals surface area contributed by atoms with Gasteiger partial charge in [0.2, 0.25) is 0 Å². The maximum atomic E-state index is 9.45. The fourth-order valence-electron chi connectivity index (χ4n) is 0.170. The second kappa shape index (κ2) is 3.33. The van der Waals surface area contributed by atoms with Crippen LogP contribution in [-0.2, 0) is 5.11 Å². The van der Waals surface area contributed by atoms with Crippen molar-refractivity contribution in [2.45, 2.75) is 6.42 Å². The summed E-state index contributed by atoms with van der Waals surface area (Å²) in [4.78, 5) is 2.99. The van der Waals surface area contributed by atoms with E-state index in [0.717, 1.165) is 0 Å². The van der Waals surface area contributed by atoms with Gasteiger partial charge in [-0.3, -0.25) is 4.99 Å². The molecule has 0 amide bonds. The Kier molecular flexibility index (Phi) is 2.92. The maximum absolute atomic E-state index is 9.45. The van der Waals surface area contributed by atoms with Gasteiger partial charge in [0.1, 0.15) is 6.42 Å². The van der Waals surface area contributed by atoms with Gasteiger partial charge >= 0.3 is 0 Å². The summed E-state index contributed by atoms with van der Waals surface area (Å²) in [7, 11) is 0. The molecule has 0 fully saturated rings. The molecule has 0 saturated heterocycles. The molecule has 0 atom stereocenters. The summed E-state index contributed by atoms with van der Waals surface area (Å²) < 4.78 is 0. The van der Waals surface area contributed by atoms with Gasteiger partial charge in [0, 0.05) is 0 Å². The lowest BCUT2D eigenvalue weighted by molar-refractivity contribution is -0.251. The van der Waals surface area contributed by atoms with E-state index >= 15 is 0 Å². The van der Waals surface area contributed by atoms with E-state index in [4.69, 9.17) is 0 Å². The van der Waals surface area contributed by atoms with Crippen LogP contribution in [0.3, 0.4) is 0 Å². The monoisotopic (exact) mass is 100 g/mol. The van der Waals surface area contributed by atoms with Crippen LogP contribution < -0.4 is 5.11 Å². The van der Waals surface area contributed by atoms with Crippen molar-refractivity contribution in [3.63, 3.8) is 0 Å². The zero-order valence-corrected chi connectivity index (χ0v) is 3.89. The molecular weight excluding hydrogens is 94.0 g/mol. The highest BCUT2D eigenvalue weighted by Crippen LogP contribution is 1.73. The summed E-state index contributed by atoms with van der Waals surface area (Å²) in [5, 5.41) is 18.9. The van der Waals surface area contributed by atoms with Crippen molar-refractivity contribution >= 4 is 6.08 Å². The van der Waals surface area contributed by atoms with Crippen molar-refractivity contribution in [3.05, 3.63) is 6.92 Å². The number of rotatable bonds is 2. The highest BCUT2D eigenvalue weighted by atomic mass is 16.5. The summed E-state index contributed by atoms with van der Waals surface area (Å²) in [6.07, 6.45) is -0.850. The van der Waals surface area contributed by atoms with E-state index in [1.165, 1.54) is 0 Å². The third kappa shape index (κ3) is 5.14.